The highest BCUT2D eigenvalue weighted by Gasteiger charge is 2.15. The fraction of sp³-hybridized carbons (Fsp3) is 0.0333. The molecule has 0 radical (unpaired) electrons. The second-order valence-corrected chi connectivity index (χ2v) is 10.1. The second kappa shape index (κ2) is 13.4. The van der Waals surface area contributed by atoms with Gasteiger partial charge >= 0.3 is 0 Å². The molecule has 0 saturated heterocycles. The van der Waals surface area contributed by atoms with E-state index in [1.165, 1.54) is 11.8 Å². The minimum Gasteiger partial charge on any atom is -0.325 e. The number of rotatable bonds is 9. The number of anilines is 2. The summed E-state index contributed by atoms with van der Waals surface area (Å²) < 4.78 is 0.903. The molecule has 4 aromatic rings. The third-order valence-electron chi connectivity index (χ3n) is 5.23. The summed E-state index contributed by atoms with van der Waals surface area (Å²) in [7, 11) is 0. The molecule has 3 N–H and O–H groups in total. The number of nitrogens with one attached hydrogen (secondary N) is 3. The molecular weight excluding hydrogens is 562 g/mol. The molecule has 3 amide bonds. The van der Waals surface area contributed by atoms with Gasteiger partial charge < -0.3 is 16.0 Å². The maximum atomic E-state index is 13.3. The highest BCUT2D eigenvalue weighted by atomic mass is 79.9. The van der Waals surface area contributed by atoms with Crippen LogP contribution in [-0.4, -0.2) is 23.5 Å². The van der Waals surface area contributed by atoms with E-state index in [2.05, 4.69) is 31.9 Å². The number of amides is 3. The Kier molecular flexibility index (Phi) is 9.50. The first-order valence-corrected chi connectivity index (χ1v) is 13.5. The third kappa shape index (κ3) is 8.19. The molecule has 0 bridgehead atoms. The Morgan fingerprint density at radius 2 is 1.39 bits per heavy atom. The lowest BCUT2D eigenvalue weighted by molar-refractivity contribution is -0.114. The number of carbonyl (C=O) groups is 3. The summed E-state index contributed by atoms with van der Waals surface area (Å²) in [5.74, 6) is -0.772. The van der Waals surface area contributed by atoms with E-state index in [9.17, 15) is 14.4 Å². The second-order valence-electron chi connectivity index (χ2n) is 8.11. The van der Waals surface area contributed by atoms with E-state index in [-0.39, 0.29) is 17.4 Å². The van der Waals surface area contributed by atoms with Gasteiger partial charge in [0.2, 0.25) is 5.91 Å². The van der Waals surface area contributed by atoms with Crippen LogP contribution in [0.2, 0.25) is 0 Å². The van der Waals surface area contributed by atoms with Gasteiger partial charge in [-0.15, -0.1) is 11.8 Å². The van der Waals surface area contributed by atoms with Crippen molar-refractivity contribution in [2.24, 2.45) is 0 Å². The number of hydrogen-bond acceptors (Lipinski definition) is 4. The Hall–Kier alpha value is -4.14. The summed E-state index contributed by atoms with van der Waals surface area (Å²) in [5.41, 5.74) is 2.57. The summed E-state index contributed by atoms with van der Waals surface area (Å²) in [5, 5.41) is 8.44. The average molecular weight is 587 g/mol. The molecular formula is C30H24BrN3O3S. The first-order chi connectivity index (χ1) is 18.5. The summed E-state index contributed by atoms with van der Waals surface area (Å²) >= 11 is 4.76. The van der Waals surface area contributed by atoms with E-state index in [1.54, 1.807) is 48.5 Å². The molecule has 190 valence electrons. The van der Waals surface area contributed by atoms with E-state index in [0.29, 0.717) is 11.3 Å². The fourth-order valence-electron chi connectivity index (χ4n) is 3.40. The monoisotopic (exact) mass is 585 g/mol. The van der Waals surface area contributed by atoms with E-state index in [4.69, 9.17) is 0 Å². The predicted molar refractivity (Wildman–Crippen MR) is 157 cm³/mol. The fourth-order valence-corrected chi connectivity index (χ4v) is 4.42. The first-order valence-electron chi connectivity index (χ1n) is 11.7. The van der Waals surface area contributed by atoms with E-state index >= 15 is 0 Å². The van der Waals surface area contributed by atoms with Gasteiger partial charge in [-0.05, 0) is 66.2 Å². The zero-order valence-corrected chi connectivity index (χ0v) is 22.6. The zero-order chi connectivity index (χ0) is 26.7. The number of hydrogen-bond donors (Lipinski definition) is 3. The van der Waals surface area contributed by atoms with Crippen molar-refractivity contribution in [3.05, 3.63) is 130 Å². The normalized spacial score (nSPS) is 10.9. The van der Waals surface area contributed by atoms with Gasteiger partial charge in [-0.3, -0.25) is 14.4 Å². The molecule has 0 aliphatic carbocycles. The lowest BCUT2D eigenvalue weighted by atomic mass is 10.1. The maximum absolute atomic E-state index is 13.3. The Balaban J connectivity index is 1.45. The number of thioether (sulfide) groups is 1. The van der Waals surface area contributed by atoms with Crippen LogP contribution in [0.4, 0.5) is 11.4 Å². The molecule has 0 spiro atoms. The SMILES string of the molecule is O=C(CSc1cccc(NC(=O)/C(=C/c2ccc(Br)cc2)NC(=O)c2ccccc2)c1)Nc1ccccc1. The molecule has 0 atom stereocenters. The quantitative estimate of drug-likeness (QED) is 0.153. The van der Waals surface area contributed by atoms with Crippen LogP contribution >= 0.6 is 27.7 Å². The average Bonchev–Trinajstić information content (AvgIpc) is 2.94. The van der Waals surface area contributed by atoms with E-state index in [0.717, 1.165) is 20.6 Å². The number of halogens is 1. The van der Waals surface area contributed by atoms with Crippen molar-refractivity contribution in [3.8, 4) is 0 Å². The summed E-state index contributed by atoms with van der Waals surface area (Å²) in [6.07, 6.45) is 1.62. The molecule has 0 aliphatic rings. The van der Waals surface area contributed by atoms with E-state index in [1.807, 2.05) is 66.7 Å². The van der Waals surface area contributed by atoms with Gasteiger partial charge in [0.1, 0.15) is 5.70 Å². The van der Waals surface area contributed by atoms with Crippen LogP contribution in [-0.2, 0) is 9.59 Å². The third-order valence-corrected chi connectivity index (χ3v) is 6.75. The molecule has 38 heavy (non-hydrogen) atoms. The minimum atomic E-state index is -0.471. The molecule has 0 aromatic heterocycles. The van der Waals surface area contributed by atoms with Crippen LogP contribution in [0.5, 0.6) is 0 Å². The van der Waals surface area contributed by atoms with Crippen molar-refractivity contribution < 1.29 is 14.4 Å². The topological polar surface area (TPSA) is 87.3 Å². The number of benzene rings is 4. The van der Waals surface area contributed by atoms with Crippen LogP contribution in [0.1, 0.15) is 15.9 Å². The summed E-state index contributed by atoms with van der Waals surface area (Å²) in [6, 6.07) is 32.5. The molecule has 0 heterocycles. The number of para-hydroxylation sites is 1. The Bertz CT molecular complexity index is 1440. The molecule has 8 heteroatoms. The zero-order valence-electron chi connectivity index (χ0n) is 20.2. The van der Waals surface area contributed by atoms with Crippen molar-refractivity contribution >= 4 is 62.9 Å². The Morgan fingerprint density at radius 1 is 0.737 bits per heavy atom. The molecule has 0 saturated carbocycles. The van der Waals surface area contributed by atoms with E-state index < -0.39 is 11.8 Å². The number of carbonyl (C=O) groups excluding carboxylic acids is 3. The standard InChI is InChI=1S/C30H24BrN3O3S/c31-23-16-14-21(15-17-23)18-27(34-29(36)22-8-3-1-4-9-22)30(37)33-25-12-7-13-26(19-25)38-20-28(35)32-24-10-5-2-6-11-24/h1-19H,20H2,(H,32,35)(H,33,37)(H,34,36)/b27-18-. The van der Waals surface area contributed by atoms with Crippen LogP contribution in [0, 0.1) is 0 Å². The summed E-state index contributed by atoms with van der Waals surface area (Å²) in [6.45, 7) is 0. The highest BCUT2D eigenvalue weighted by molar-refractivity contribution is 9.10. The van der Waals surface area contributed by atoms with Gasteiger partial charge in [0.15, 0.2) is 0 Å². The lowest BCUT2D eigenvalue weighted by Crippen LogP contribution is -2.30. The van der Waals surface area contributed by atoms with Crippen molar-refractivity contribution in [1.29, 1.82) is 0 Å². The molecule has 0 unspecified atom stereocenters. The van der Waals surface area contributed by atoms with Gasteiger partial charge in [0.25, 0.3) is 11.8 Å². The highest BCUT2D eigenvalue weighted by Crippen LogP contribution is 2.23. The molecule has 0 fully saturated rings. The smallest absolute Gasteiger partial charge is 0.272 e. The van der Waals surface area contributed by atoms with Crippen molar-refractivity contribution in [2.75, 3.05) is 16.4 Å². The molecule has 4 aromatic carbocycles. The van der Waals surface area contributed by atoms with Gasteiger partial charge in [-0.25, -0.2) is 0 Å². The van der Waals surface area contributed by atoms with Crippen molar-refractivity contribution in [3.63, 3.8) is 0 Å². The molecule has 6 nitrogen and oxygen atoms in total. The summed E-state index contributed by atoms with van der Waals surface area (Å²) in [4.78, 5) is 39.2. The molecule has 4 rings (SSSR count). The first kappa shape index (κ1) is 26.9. The van der Waals surface area contributed by atoms with Crippen LogP contribution in [0.3, 0.4) is 0 Å². The van der Waals surface area contributed by atoms with Crippen molar-refractivity contribution in [2.45, 2.75) is 4.90 Å². The van der Waals surface area contributed by atoms with Crippen molar-refractivity contribution in [1.82, 2.24) is 5.32 Å². The van der Waals surface area contributed by atoms with Crippen LogP contribution < -0.4 is 16.0 Å². The lowest BCUT2D eigenvalue weighted by Gasteiger charge is -2.12. The molecule has 0 aliphatic heterocycles. The van der Waals surface area contributed by atoms with Gasteiger partial charge in [0, 0.05) is 26.3 Å². The maximum Gasteiger partial charge on any atom is 0.272 e. The minimum absolute atomic E-state index is 0.0986. The van der Waals surface area contributed by atoms with Crippen LogP contribution in [0.15, 0.2) is 124 Å². The van der Waals surface area contributed by atoms with Gasteiger partial charge in [-0.1, -0.05) is 70.5 Å². The Morgan fingerprint density at radius 3 is 2.11 bits per heavy atom. The van der Waals surface area contributed by atoms with Gasteiger partial charge in [-0.2, -0.15) is 0 Å². The van der Waals surface area contributed by atoms with Gasteiger partial charge in [0.05, 0.1) is 5.75 Å². The van der Waals surface area contributed by atoms with Crippen LogP contribution in [0.25, 0.3) is 6.08 Å². The Labute approximate surface area is 233 Å². The predicted octanol–water partition coefficient (Wildman–Crippen LogP) is 6.59. The largest absolute Gasteiger partial charge is 0.325 e.